The van der Waals surface area contributed by atoms with E-state index in [1.165, 1.54) is 24.8 Å². The van der Waals surface area contributed by atoms with Crippen LogP contribution in [0.15, 0.2) is 24.3 Å². The highest BCUT2D eigenvalue weighted by Gasteiger charge is 2.27. The van der Waals surface area contributed by atoms with Gasteiger partial charge in [0.05, 0.1) is 6.61 Å². The maximum absolute atomic E-state index is 6.03. The zero-order valence-electron chi connectivity index (χ0n) is 11.3. The standard InChI is InChI=1S/C16H22ClNO/c17-8-12-4-3-5-13(12)9-18-10-14-11-19-16-7-2-1-6-15(14)16/h1-2,6-7,12-14,18H,3-5,8-11H2. The van der Waals surface area contributed by atoms with Crippen LogP contribution in [-0.4, -0.2) is 25.6 Å². The second-order valence-corrected chi connectivity index (χ2v) is 6.12. The largest absolute Gasteiger partial charge is 0.493 e. The van der Waals surface area contributed by atoms with Crippen molar-refractivity contribution in [2.45, 2.75) is 25.2 Å². The van der Waals surface area contributed by atoms with E-state index in [0.29, 0.717) is 5.92 Å². The lowest BCUT2D eigenvalue weighted by Crippen LogP contribution is -2.30. The average molecular weight is 280 g/mol. The fourth-order valence-electron chi connectivity index (χ4n) is 3.43. The quantitative estimate of drug-likeness (QED) is 0.834. The molecule has 1 aromatic rings. The Hall–Kier alpha value is -0.730. The first-order valence-corrected chi connectivity index (χ1v) is 7.90. The highest BCUT2D eigenvalue weighted by atomic mass is 35.5. The van der Waals surface area contributed by atoms with E-state index in [4.69, 9.17) is 16.3 Å². The number of hydrogen-bond donors (Lipinski definition) is 1. The van der Waals surface area contributed by atoms with Crippen LogP contribution in [0.5, 0.6) is 5.75 Å². The van der Waals surface area contributed by atoms with Crippen LogP contribution in [0.2, 0.25) is 0 Å². The van der Waals surface area contributed by atoms with Crippen LogP contribution in [0.3, 0.4) is 0 Å². The van der Waals surface area contributed by atoms with Crippen LogP contribution in [0.4, 0.5) is 0 Å². The predicted molar refractivity (Wildman–Crippen MR) is 79.1 cm³/mol. The van der Waals surface area contributed by atoms with Gasteiger partial charge in [-0.3, -0.25) is 0 Å². The van der Waals surface area contributed by atoms with Gasteiger partial charge in [0, 0.05) is 23.9 Å². The summed E-state index contributed by atoms with van der Waals surface area (Å²) < 4.78 is 5.71. The number of alkyl halides is 1. The molecule has 1 aromatic carbocycles. The number of rotatable bonds is 5. The normalized spacial score (nSPS) is 29.2. The summed E-state index contributed by atoms with van der Waals surface area (Å²) in [5, 5.41) is 3.64. The Labute approximate surface area is 120 Å². The van der Waals surface area contributed by atoms with E-state index in [9.17, 15) is 0 Å². The fourth-order valence-corrected chi connectivity index (χ4v) is 3.83. The first-order chi connectivity index (χ1) is 9.38. The van der Waals surface area contributed by atoms with Crippen molar-refractivity contribution in [2.75, 3.05) is 25.6 Å². The van der Waals surface area contributed by atoms with Gasteiger partial charge in [-0.15, -0.1) is 11.6 Å². The third-order valence-corrected chi connectivity index (χ3v) is 5.01. The monoisotopic (exact) mass is 279 g/mol. The molecule has 2 nitrogen and oxygen atoms in total. The van der Waals surface area contributed by atoms with Crippen molar-refractivity contribution >= 4 is 11.6 Å². The van der Waals surface area contributed by atoms with Gasteiger partial charge in [0.15, 0.2) is 0 Å². The summed E-state index contributed by atoms with van der Waals surface area (Å²) >= 11 is 6.03. The molecule has 3 rings (SSSR count). The lowest BCUT2D eigenvalue weighted by Gasteiger charge is -2.19. The van der Waals surface area contributed by atoms with E-state index in [2.05, 4.69) is 23.5 Å². The van der Waals surface area contributed by atoms with Crippen molar-refractivity contribution in [3.05, 3.63) is 29.8 Å². The first kappa shape index (κ1) is 13.3. The minimum Gasteiger partial charge on any atom is -0.493 e. The van der Waals surface area contributed by atoms with Crippen molar-refractivity contribution in [1.82, 2.24) is 5.32 Å². The lowest BCUT2D eigenvalue weighted by atomic mass is 9.97. The highest BCUT2D eigenvalue weighted by Crippen LogP contribution is 2.34. The van der Waals surface area contributed by atoms with Gasteiger partial charge in [0.25, 0.3) is 0 Å². The van der Waals surface area contributed by atoms with Gasteiger partial charge in [-0.2, -0.15) is 0 Å². The van der Waals surface area contributed by atoms with Crippen LogP contribution in [-0.2, 0) is 0 Å². The Bertz CT molecular complexity index is 423. The molecule has 1 saturated carbocycles. The SMILES string of the molecule is ClCC1CCCC1CNCC1COc2ccccc21. The van der Waals surface area contributed by atoms with Crippen molar-refractivity contribution in [1.29, 1.82) is 0 Å². The molecule has 0 bridgehead atoms. The molecule has 19 heavy (non-hydrogen) atoms. The molecule has 1 heterocycles. The molecule has 1 aliphatic heterocycles. The summed E-state index contributed by atoms with van der Waals surface area (Å²) in [7, 11) is 0. The molecule has 1 fully saturated rings. The zero-order valence-corrected chi connectivity index (χ0v) is 12.0. The highest BCUT2D eigenvalue weighted by molar-refractivity contribution is 6.18. The molecule has 0 radical (unpaired) electrons. The molecule has 0 saturated heterocycles. The van der Waals surface area contributed by atoms with Crippen molar-refractivity contribution in [3.63, 3.8) is 0 Å². The zero-order chi connectivity index (χ0) is 13.1. The number of hydrogen-bond acceptors (Lipinski definition) is 2. The fraction of sp³-hybridized carbons (Fsp3) is 0.625. The van der Waals surface area contributed by atoms with E-state index in [1.807, 2.05) is 6.07 Å². The Morgan fingerprint density at radius 3 is 2.89 bits per heavy atom. The third kappa shape index (κ3) is 2.90. The summed E-state index contributed by atoms with van der Waals surface area (Å²) in [6.07, 6.45) is 3.99. The third-order valence-electron chi connectivity index (χ3n) is 4.61. The van der Waals surface area contributed by atoms with Gasteiger partial charge in [0.1, 0.15) is 5.75 Å². The van der Waals surface area contributed by atoms with Crippen molar-refractivity contribution in [2.24, 2.45) is 11.8 Å². The van der Waals surface area contributed by atoms with Crippen LogP contribution in [0, 0.1) is 11.8 Å². The summed E-state index contributed by atoms with van der Waals surface area (Å²) in [6.45, 7) is 2.94. The van der Waals surface area contributed by atoms with Crippen LogP contribution >= 0.6 is 11.6 Å². The maximum Gasteiger partial charge on any atom is 0.122 e. The van der Waals surface area contributed by atoms with Gasteiger partial charge in [0.2, 0.25) is 0 Å². The topological polar surface area (TPSA) is 21.3 Å². The van der Waals surface area contributed by atoms with Gasteiger partial charge >= 0.3 is 0 Å². The molecule has 3 unspecified atom stereocenters. The summed E-state index contributed by atoms with van der Waals surface area (Å²) in [6, 6.07) is 8.39. The molecule has 104 valence electrons. The van der Waals surface area contributed by atoms with Gasteiger partial charge < -0.3 is 10.1 Å². The minimum absolute atomic E-state index is 0.507. The van der Waals surface area contributed by atoms with Gasteiger partial charge in [-0.05, 0) is 37.3 Å². The summed E-state index contributed by atoms with van der Waals surface area (Å²) in [5.74, 6) is 3.89. The number of para-hydroxylation sites is 1. The smallest absolute Gasteiger partial charge is 0.122 e. The molecule has 0 spiro atoms. The number of nitrogens with one attached hydrogen (secondary N) is 1. The predicted octanol–water partition coefficient (Wildman–Crippen LogP) is 3.41. The molecule has 1 aliphatic carbocycles. The molecule has 1 N–H and O–H groups in total. The number of fused-ring (bicyclic) bond motifs is 1. The van der Waals surface area contributed by atoms with E-state index in [-0.39, 0.29) is 0 Å². The van der Waals surface area contributed by atoms with Crippen molar-refractivity contribution in [3.8, 4) is 5.75 Å². The van der Waals surface area contributed by atoms with Crippen LogP contribution in [0.25, 0.3) is 0 Å². The Kier molecular flexibility index (Phi) is 4.29. The Balaban J connectivity index is 1.49. The molecular weight excluding hydrogens is 258 g/mol. The first-order valence-electron chi connectivity index (χ1n) is 7.37. The van der Waals surface area contributed by atoms with E-state index < -0.39 is 0 Å². The average Bonchev–Trinajstić information content (AvgIpc) is 3.06. The minimum atomic E-state index is 0.507. The molecule has 3 heteroatoms. The molecule has 3 atom stereocenters. The maximum atomic E-state index is 6.03. The number of benzene rings is 1. The second-order valence-electron chi connectivity index (χ2n) is 5.81. The number of halogens is 1. The van der Waals surface area contributed by atoms with E-state index >= 15 is 0 Å². The van der Waals surface area contributed by atoms with Gasteiger partial charge in [-0.1, -0.05) is 24.6 Å². The molecular formula is C16H22ClNO. The Morgan fingerprint density at radius 1 is 1.16 bits per heavy atom. The summed E-state index contributed by atoms with van der Waals surface area (Å²) in [4.78, 5) is 0. The summed E-state index contributed by atoms with van der Waals surface area (Å²) in [5.41, 5.74) is 1.36. The Morgan fingerprint density at radius 2 is 2.00 bits per heavy atom. The molecule has 0 amide bonds. The van der Waals surface area contributed by atoms with E-state index in [0.717, 1.165) is 43.2 Å². The molecule has 0 aromatic heterocycles. The van der Waals surface area contributed by atoms with Crippen LogP contribution < -0.4 is 10.1 Å². The van der Waals surface area contributed by atoms with E-state index in [1.54, 1.807) is 0 Å². The van der Waals surface area contributed by atoms with Gasteiger partial charge in [-0.25, -0.2) is 0 Å². The number of ether oxygens (including phenoxy) is 1. The second kappa shape index (κ2) is 6.15. The molecule has 2 aliphatic rings. The van der Waals surface area contributed by atoms with Crippen LogP contribution in [0.1, 0.15) is 30.7 Å². The lowest BCUT2D eigenvalue weighted by molar-refractivity contribution is 0.319. The van der Waals surface area contributed by atoms with Crippen molar-refractivity contribution < 1.29 is 4.74 Å².